The van der Waals surface area contributed by atoms with Crippen LogP contribution in [0.1, 0.15) is 24.8 Å². The van der Waals surface area contributed by atoms with E-state index in [1.165, 1.54) is 0 Å². The summed E-state index contributed by atoms with van der Waals surface area (Å²) in [5.74, 6) is 0.217. The lowest BCUT2D eigenvalue weighted by atomic mass is 9.79. The van der Waals surface area contributed by atoms with Crippen LogP contribution < -0.4 is 5.69 Å². The number of aromatic nitrogens is 2. The van der Waals surface area contributed by atoms with Gasteiger partial charge in [0.25, 0.3) is 0 Å². The maximum absolute atomic E-state index is 12.4. The van der Waals surface area contributed by atoms with Gasteiger partial charge in [0.2, 0.25) is 5.91 Å². The molecule has 1 spiro atoms. The van der Waals surface area contributed by atoms with Crippen LogP contribution in [-0.4, -0.2) is 39.7 Å². The molecule has 2 saturated heterocycles. The highest BCUT2D eigenvalue weighted by atomic mass is 16.5. The third kappa shape index (κ3) is 2.36. The number of benzene rings is 1. The molecule has 2 aliphatic heterocycles. The second-order valence-electron chi connectivity index (χ2n) is 7.28. The van der Waals surface area contributed by atoms with Crippen molar-refractivity contribution >= 4 is 16.9 Å². The van der Waals surface area contributed by atoms with Gasteiger partial charge in [0.05, 0.1) is 17.6 Å². The summed E-state index contributed by atoms with van der Waals surface area (Å²) in [4.78, 5) is 26.4. The first kappa shape index (κ1) is 15.4. The van der Waals surface area contributed by atoms with E-state index in [4.69, 9.17) is 4.74 Å². The smallest absolute Gasteiger partial charge is 0.328 e. The molecular formula is C18H23N3O3. The predicted molar refractivity (Wildman–Crippen MR) is 90.7 cm³/mol. The van der Waals surface area contributed by atoms with Gasteiger partial charge in [-0.15, -0.1) is 0 Å². The van der Waals surface area contributed by atoms with Crippen molar-refractivity contribution in [2.45, 2.75) is 25.8 Å². The Kier molecular flexibility index (Phi) is 3.53. The molecule has 2 aromatic rings. The molecule has 1 aromatic carbocycles. The first-order chi connectivity index (χ1) is 11.5. The third-order valence-electron chi connectivity index (χ3n) is 5.64. The average molecular weight is 329 g/mol. The number of aryl methyl sites for hydroxylation is 2. The Bertz CT molecular complexity index is 858. The number of hydrogen-bond acceptors (Lipinski definition) is 3. The number of fused-ring (bicyclic) bond motifs is 1. The summed E-state index contributed by atoms with van der Waals surface area (Å²) in [5.41, 5.74) is 3.00. The van der Waals surface area contributed by atoms with Crippen LogP contribution in [-0.2, 0) is 30.2 Å². The molecule has 0 N–H and O–H groups in total. The van der Waals surface area contributed by atoms with E-state index in [1.807, 2.05) is 23.1 Å². The molecule has 0 saturated carbocycles. The molecule has 24 heavy (non-hydrogen) atoms. The van der Waals surface area contributed by atoms with Crippen LogP contribution in [0.5, 0.6) is 0 Å². The average Bonchev–Trinajstić information content (AvgIpc) is 3.11. The van der Waals surface area contributed by atoms with E-state index in [0.717, 1.165) is 49.2 Å². The molecule has 2 aliphatic rings. The number of piperidine rings is 1. The van der Waals surface area contributed by atoms with Crippen molar-refractivity contribution in [3.8, 4) is 0 Å². The minimum absolute atomic E-state index is 0.0294. The predicted octanol–water partition coefficient (Wildman–Crippen LogP) is 1.41. The number of carbonyl (C=O) groups excluding carboxylic acids is 1. The van der Waals surface area contributed by atoms with Gasteiger partial charge in [-0.2, -0.15) is 0 Å². The Morgan fingerprint density at radius 1 is 1.12 bits per heavy atom. The number of carbonyl (C=O) groups is 1. The second-order valence-corrected chi connectivity index (χ2v) is 7.28. The first-order valence-corrected chi connectivity index (χ1v) is 8.49. The van der Waals surface area contributed by atoms with Crippen molar-refractivity contribution in [2.75, 3.05) is 19.8 Å². The number of nitrogens with zero attached hydrogens (tertiary/aromatic N) is 3. The number of amides is 1. The van der Waals surface area contributed by atoms with Crippen LogP contribution in [0.15, 0.2) is 23.0 Å². The number of imidazole rings is 1. The quantitative estimate of drug-likeness (QED) is 0.837. The largest absolute Gasteiger partial charge is 0.381 e. The molecule has 0 bridgehead atoms. The molecule has 6 nitrogen and oxygen atoms in total. The molecule has 4 rings (SSSR count). The topological polar surface area (TPSA) is 56.5 Å². The molecule has 2 fully saturated rings. The molecule has 1 atom stereocenters. The summed E-state index contributed by atoms with van der Waals surface area (Å²) in [6.45, 7) is 2.94. The second kappa shape index (κ2) is 5.48. The van der Waals surface area contributed by atoms with E-state index in [0.29, 0.717) is 13.0 Å². The zero-order chi connectivity index (χ0) is 16.9. The summed E-state index contributed by atoms with van der Waals surface area (Å²) in [7, 11) is 3.56. The molecule has 0 aliphatic carbocycles. The Labute approximate surface area is 140 Å². The number of ether oxygens (including phenoxy) is 1. The van der Waals surface area contributed by atoms with Gasteiger partial charge in [0.15, 0.2) is 0 Å². The van der Waals surface area contributed by atoms with Crippen LogP contribution in [0.4, 0.5) is 0 Å². The molecule has 3 heterocycles. The zero-order valence-electron chi connectivity index (χ0n) is 14.2. The molecule has 0 unspecified atom stereocenters. The number of rotatable bonds is 2. The van der Waals surface area contributed by atoms with E-state index in [-0.39, 0.29) is 17.0 Å². The first-order valence-electron chi connectivity index (χ1n) is 8.49. The third-order valence-corrected chi connectivity index (χ3v) is 5.64. The van der Waals surface area contributed by atoms with Gasteiger partial charge in [-0.1, -0.05) is 6.07 Å². The van der Waals surface area contributed by atoms with Gasteiger partial charge in [0, 0.05) is 45.6 Å². The Morgan fingerprint density at radius 3 is 2.67 bits per heavy atom. The molecular weight excluding hydrogens is 306 g/mol. The minimum Gasteiger partial charge on any atom is -0.381 e. The fourth-order valence-corrected chi connectivity index (χ4v) is 4.09. The Hall–Kier alpha value is -2.08. The van der Waals surface area contributed by atoms with E-state index in [2.05, 4.69) is 0 Å². The Morgan fingerprint density at radius 2 is 1.92 bits per heavy atom. The molecule has 128 valence electrons. The van der Waals surface area contributed by atoms with Crippen molar-refractivity contribution in [3.05, 3.63) is 34.2 Å². The number of likely N-dealkylation sites (tertiary alicyclic amines) is 1. The fourth-order valence-electron chi connectivity index (χ4n) is 4.09. The fraction of sp³-hybridized carbons (Fsp3) is 0.556. The molecule has 6 heteroatoms. The lowest BCUT2D eigenvalue weighted by Gasteiger charge is -2.39. The van der Waals surface area contributed by atoms with E-state index < -0.39 is 0 Å². The SMILES string of the molecule is Cn1c(=O)n(C)c2cc(CN3C[C@@]4(CCOC4)CCC3=O)ccc21. The van der Waals surface area contributed by atoms with Crippen molar-refractivity contribution in [3.63, 3.8) is 0 Å². The van der Waals surface area contributed by atoms with Gasteiger partial charge < -0.3 is 9.64 Å². The maximum atomic E-state index is 12.4. The van der Waals surface area contributed by atoms with Crippen molar-refractivity contribution in [2.24, 2.45) is 19.5 Å². The summed E-state index contributed by atoms with van der Waals surface area (Å²) in [5, 5.41) is 0. The van der Waals surface area contributed by atoms with E-state index >= 15 is 0 Å². The highest BCUT2D eigenvalue weighted by molar-refractivity contribution is 5.79. The minimum atomic E-state index is -0.0294. The lowest BCUT2D eigenvalue weighted by molar-refractivity contribution is -0.138. The Balaban J connectivity index is 1.62. The molecule has 1 aromatic heterocycles. The van der Waals surface area contributed by atoms with Crippen molar-refractivity contribution in [1.82, 2.24) is 14.0 Å². The van der Waals surface area contributed by atoms with Gasteiger partial charge >= 0.3 is 5.69 Å². The van der Waals surface area contributed by atoms with Crippen LogP contribution in [0.2, 0.25) is 0 Å². The summed E-state index contributed by atoms with van der Waals surface area (Å²) in [6, 6.07) is 6.01. The molecule has 0 radical (unpaired) electrons. The number of hydrogen-bond donors (Lipinski definition) is 0. The van der Waals surface area contributed by atoms with Crippen LogP contribution in [0.3, 0.4) is 0 Å². The molecule has 1 amide bonds. The normalized spacial score (nSPS) is 24.4. The van der Waals surface area contributed by atoms with Crippen molar-refractivity contribution in [1.29, 1.82) is 0 Å². The lowest BCUT2D eigenvalue weighted by Crippen LogP contribution is -2.46. The standard InChI is InChI=1S/C18H23N3O3/c1-19-14-4-3-13(9-15(14)20(2)17(19)23)10-21-11-18(6-5-16(21)22)7-8-24-12-18/h3-4,9H,5-8,10-12H2,1-2H3/t18-/m0/s1. The van der Waals surface area contributed by atoms with Crippen LogP contribution in [0.25, 0.3) is 11.0 Å². The van der Waals surface area contributed by atoms with Gasteiger partial charge in [-0.25, -0.2) is 4.79 Å². The van der Waals surface area contributed by atoms with Gasteiger partial charge in [-0.05, 0) is 30.5 Å². The van der Waals surface area contributed by atoms with Crippen LogP contribution in [0, 0.1) is 5.41 Å². The zero-order valence-corrected chi connectivity index (χ0v) is 14.2. The summed E-state index contributed by atoms with van der Waals surface area (Å²) in [6.07, 6.45) is 2.59. The monoisotopic (exact) mass is 329 g/mol. The van der Waals surface area contributed by atoms with Gasteiger partial charge in [0.1, 0.15) is 0 Å². The van der Waals surface area contributed by atoms with Gasteiger partial charge in [-0.3, -0.25) is 13.9 Å². The highest BCUT2D eigenvalue weighted by Gasteiger charge is 2.41. The summed E-state index contributed by atoms with van der Waals surface area (Å²) < 4.78 is 8.89. The van der Waals surface area contributed by atoms with E-state index in [1.54, 1.807) is 23.2 Å². The van der Waals surface area contributed by atoms with Crippen LogP contribution >= 0.6 is 0 Å². The highest BCUT2D eigenvalue weighted by Crippen LogP contribution is 2.38. The van der Waals surface area contributed by atoms with E-state index in [9.17, 15) is 9.59 Å². The maximum Gasteiger partial charge on any atom is 0.328 e. The van der Waals surface area contributed by atoms with Crippen molar-refractivity contribution < 1.29 is 9.53 Å². The summed E-state index contributed by atoms with van der Waals surface area (Å²) >= 11 is 0.